The smallest absolute Gasteiger partial charge is 0.303 e. The molecule has 17 nitrogen and oxygen atoms in total. The van der Waals surface area contributed by atoms with Gasteiger partial charge in [-0.15, -0.1) is 0 Å². The van der Waals surface area contributed by atoms with Gasteiger partial charge in [-0.2, -0.15) is 0 Å². The van der Waals surface area contributed by atoms with Crippen molar-refractivity contribution < 1.29 is 76.3 Å². The van der Waals surface area contributed by atoms with Gasteiger partial charge in [0.1, 0.15) is 0 Å². The molecule has 0 aliphatic rings. The van der Waals surface area contributed by atoms with Gasteiger partial charge in [0.05, 0.1) is 165 Å². The number of nitrogens with one attached hydrogen (secondary N) is 1. The summed E-state index contributed by atoms with van der Waals surface area (Å²) >= 11 is 0. The Bertz CT molecular complexity index is 755. The third-order valence-corrected chi connectivity index (χ3v) is 6.96. The number of hydrogen-bond donors (Lipinski definition) is 2. The Labute approximate surface area is 323 Å². The SMILES string of the molecule is CCCCCCOCCOCCOCCOCCOCCOCCOCCOCCOCCOCCOCCOCCOCCCNC(=O)CCC(=O)O. The van der Waals surface area contributed by atoms with Crippen LogP contribution in [0.2, 0.25) is 0 Å². The summed E-state index contributed by atoms with van der Waals surface area (Å²) in [6.07, 6.45) is 5.34. The fraction of sp³-hybridized carbons (Fsp3) is 0.946. The lowest BCUT2D eigenvalue weighted by molar-refractivity contribution is -0.138. The van der Waals surface area contributed by atoms with Crippen LogP contribution >= 0.6 is 0 Å². The molecule has 0 aliphatic heterocycles. The Hall–Kier alpha value is -1.58. The summed E-state index contributed by atoms with van der Waals surface area (Å²) < 4.78 is 71.2. The minimum absolute atomic E-state index is 0.0111. The second kappa shape index (κ2) is 47.6. The standard InChI is InChI=1S/C37H73NO16/c1-2-3-4-5-10-42-12-14-44-16-18-46-20-22-48-24-26-50-28-30-52-32-34-54-35-33-53-31-29-51-27-25-49-23-21-47-19-17-45-15-13-43-11-6-9-38-36(39)7-8-37(40)41/h2-35H2,1H3,(H,38,39)(H,40,41). The second-order valence-corrected chi connectivity index (χ2v) is 11.6. The Kier molecular flexibility index (Phi) is 46.2. The molecular weight excluding hydrogens is 714 g/mol. The van der Waals surface area contributed by atoms with E-state index in [1.165, 1.54) is 19.3 Å². The van der Waals surface area contributed by atoms with Gasteiger partial charge in [-0.25, -0.2) is 0 Å². The number of ether oxygens (including phenoxy) is 13. The van der Waals surface area contributed by atoms with E-state index >= 15 is 0 Å². The largest absolute Gasteiger partial charge is 0.481 e. The summed E-state index contributed by atoms with van der Waals surface area (Å²) in [5.74, 6) is -1.25. The lowest BCUT2D eigenvalue weighted by atomic mass is 10.2. The van der Waals surface area contributed by atoms with Crippen molar-refractivity contribution in [3.8, 4) is 0 Å². The number of unbranched alkanes of at least 4 members (excludes halogenated alkanes) is 3. The Morgan fingerprint density at radius 1 is 0.352 bits per heavy atom. The van der Waals surface area contributed by atoms with Gasteiger partial charge in [-0.05, 0) is 12.8 Å². The Balaban J connectivity index is 3.08. The van der Waals surface area contributed by atoms with E-state index in [9.17, 15) is 9.59 Å². The van der Waals surface area contributed by atoms with E-state index in [-0.39, 0.29) is 18.7 Å². The molecule has 0 unspecified atom stereocenters. The van der Waals surface area contributed by atoms with Gasteiger partial charge in [-0.3, -0.25) is 9.59 Å². The van der Waals surface area contributed by atoms with E-state index in [4.69, 9.17) is 66.7 Å². The van der Waals surface area contributed by atoms with Crippen molar-refractivity contribution in [1.29, 1.82) is 0 Å². The van der Waals surface area contributed by atoms with Gasteiger partial charge in [0.15, 0.2) is 0 Å². The van der Waals surface area contributed by atoms with Gasteiger partial charge in [0.25, 0.3) is 0 Å². The average molecular weight is 788 g/mol. The van der Waals surface area contributed by atoms with Crippen LogP contribution in [0.3, 0.4) is 0 Å². The van der Waals surface area contributed by atoms with Crippen LogP contribution in [0.15, 0.2) is 0 Å². The third kappa shape index (κ3) is 48.4. The number of rotatable bonds is 48. The quantitative estimate of drug-likeness (QED) is 0.0854. The molecule has 0 spiro atoms. The summed E-state index contributed by atoms with van der Waals surface area (Å²) in [5, 5.41) is 11.2. The molecule has 0 aromatic carbocycles. The predicted octanol–water partition coefficient (Wildman–Crippen LogP) is 2.15. The predicted molar refractivity (Wildman–Crippen MR) is 199 cm³/mol. The number of aliphatic carboxylic acids is 1. The minimum atomic E-state index is -0.983. The van der Waals surface area contributed by atoms with E-state index in [1.54, 1.807) is 0 Å². The molecule has 0 heterocycles. The van der Waals surface area contributed by atoms with Crippen LogP contribution in [0.25, 0.3) is 0 Å². The highest BCUT2D eigenvalue weighted by atomic mass is 16.6. The molecule has 0 aromatic heterocycles. The summed E-state index contributed by atoms with van der Waals surface area (Å²) in [7, 11) is 0. The van der Waals surface area contributed by atoms with Crippen molar-refractivity contribution in [3.63, 3.8) is 0 Å². The van der Waals surface area contributed by atoms with Gasteiger partial charge < -0.3 is 72.0 Å². The lowest BCUT2D eigenvalue weighted by Crippen LogP contribution is -2.25. The van der Waals surface area contributed by atoms with Crippen molar-refractivity contribution in [2.75, 3.05) is 178 Å². The van der Waals surface area contributed by atoms with E-state index in [0.29, 0.717) is 178 Å². The topological polar surface area (TPSA) is 186 Å². The summed E-state index contributed by atoms with van der Waals surface area (Å²) in [6.45, 7) is 16.1. The molecule has 0 aromatic rings. The monoisotopic (exact) mass is 787 g/mol. The van der Waals surface area contributed by atoms with Crippen LogP contribution in [-0.2, 0) is 71.2 Å². The van der Waals surface area contributed by atoms with Crippen LogP contribution in [-0.4, -0.2) is 195 Å². The molecule has 0 atom stereocenters. The number of hydrogen-bond acceptors (Lipinski definition) is 15. The molecule has 2 N–H and O–H groups in total. The van der Waals surface area contributed by atoms with Crippen LogP contribution in [0.1, 0.15) is 51.9 Å². The third-order valence-electron chi connectivity index (χ3n) is 6.96. The zero-order valence-corrected chi connectivity index (χ0v) is 33.1. The van der Waals surface area contributed by atoms with Crippen molar-refractivity contribution in [3.05, 3.63) is 0 Å². The highest BCUT2D eigenvalue weighted by Gasteiger charge is 2.04. The van der Waals surface area contributed by atoms with Crippen LogP contribution < -0.4 is 5.32 Å². The number of amides is 1. The molecule has 0 bridgehead atoms. The molecule has 0 rings (SSSR count). The van der Waals surface area contributed by atoms with Gasteiger partial charge in [0, 0.05) is 26.2 Å². The molecule has 54 heavy (non-hydrogen) atoms. The number of carboxylic acid groups (broad SMARTS) is 1. The molecule has 0 fully saturated rings. The van der Waals surface area contributed by atoms with Crippen molar-refractivity contribution in [2.24, 2.45) is 0 Å². The summed E-state index contributed by atoms with van der Waals surface area (Å²) in [6, 6.07) is 0. The normalized spacial score (nSPS) is 11.4. The second-order valence-electron chi connectivity index (χ2n) is 11.6. The first-order valence-electron chi connectivity index (χ1n) is 19.7. The van der Waals surface area contributed by atoms with E-state index in [0.717, 1.165) is 13.0 Å². The first-order valence-corrected chi connectivity index (χ1v) is 19.7. The number of carbonyl (C=O) groups excluding carboxylic acids is 1. The van der Waals surface area contributed by atoms with Crippen molar-refractivity contribution in [2.45, 2.75) is 51.9 Å². The van der Waals surface area contributed by atoms with Crippen LogP contribution in [0.4, 0.5) is 0 Å². The number of carboxylic acids is 1. The maximum atomic E-state index is 11.4. The average Bonchev–Trinajstić information content (AvgIpc) is 3.17. The van der Waals surface area contributed by atoms with Crippen molar-refractivity contribution >= 4 is 11.9 Å². The highest BCUT2D eigenvalue weighted by molar-refractivity contribution is 5.80. The Morgan fingerprint density at radius 3 is 0.870 bits per heavy atom. The molecule has 17 heteroatoms. The first kappa shape index (κ1) is 52.4. The van der Waals surface area contributed by atoms with E-state index < -0.39 is 5.97 Å². The zero-order chi connectivity index (χ0) is 39.1. The van der Waals surface area contributed by atoms with Crippen LogP contribution in [0, 0.1) is 0 Å². The van der Waals surface area contributed by atoms with Gasteiger partial charge in [0.2, 0.25) is 5.91 Å². The van der Waals surface area contributed by atoms with Crippen LogP contribution in [0.5, 0.6) is 0 Å². The van der Waals surface area contributed by atoms with Crippen molar-refractivity contribution in [1.82, 2.24) is 5.32 Å². The van der Waals surface area contributed by atoms with Gasteiger partial charge in [-0.1, -0.05) is 26.2 Å². The minimum Gasteiger partial charge on any atom is -0.481 e. The maximum absolute atomic E-state index is 11.4. The molecule has 1 amide bonds. The molecule has 322 valence electrons. The summed E-state index contributed by atoms with van der Waals surface area (Å²) in [4.78, 5) is 21.8. The Morgan fingerprint density at radius 2 is 0.611 bits per heavy atom. The van der Waals surface area contributed by atoms with E-state index in [1.807, 2.05) is 0 Å². The van der Waals surface area contributed by atoms with Gasteiger partial charge >= 0.3 is 5.97 Å². The fourth-order valence-electron chi connectivity index (χ4n) is 4.08. The maximum Gasteiger partial charge on any atom is 0.303 e. The summed E-state index contributed by atoms with van der Waals surface area (Å²) in [5.41, 5.74) is 0. The lowest BCUT2D eigenvalue weighted by Gasteiger charge is -2.09. The molecule has 0 radical (unpaired) electrons. The van der Waals surface area contributed by atoms with E-state index in [2.05, 4.69) is 12.2 Å². The fourth-order valence-corrected chi connectivity index (χ4v) is 4.08. The molecule has 0 aliphatic carbocycles. The molecule has 0 saturated carbocycles. The molecular formula is C37H73NO16. The number of carbonyl (C=O) groups is 2. The molecule has 0 saturated heterocycles. The highest BCUT2D eigenvalue weighted by Crippen LogP contribution is 1.98. The zero-order valence-electron chi connectivity index (χ0n) is 33.1. The first-order chi connectivity index (χ1) is 26.7.